The lowest BCUT2D eigenvalue weighted by atomic mass is 10.1. The molecule has 2 amide bonds. The van der Waals surface area contributed by atoms with E-state index in [4.69, 9.17) is 4.74 Å². The van der Waals surface area contributed by atoms with Crippen molar-refractivity contribution < 1.29 is 14.3 Å². The zero-order valence-corrected chi connectivity index (χ0v) is 17.1. The highest BCUT2D eigenvalue weighted by Crippen LogP contribution is 2.24. The van der Waals surface area contributed by atoms with E-state index in [0.717, 1.165) is 10.2 Å². The third kappa shape index (κ3) is 4.40. The number of rotatable bonds is 5. The molecule has 0 atom stereocenters. The van der Waals surface area contributed by atoms with E-state index in [9.17, 15) is 9.59 Å². The Morgan fingerprint density at radius 3 is 2.29 bits per heavy atom. The Balaban J connectivity index is 1.73. The fourth-order valence-electron chi connectivity index (χ4n) is 2.71. The number of carbonyl (C=O) groups is 2. The Bertz CT molecular complexity index is 988. The van der Waals surface area contributed by atoms with Crippen molar-refractivity contribution in [2.75, 3.05) is 24.4 Å². The van der Waals surface area contributed by atoms with Crippen LogP contribution in [0.25, 0.3) is 0 Å². The first-order chi connectivity index (χ1) is 13.5. The molecule has 142 valence electrons. The summed E-state index contributed by atoms with van der Waals surface area (Å²) in [7, 11) is 3.25. The molecule has 3 aromatic rings. The number of para-hydroxylation sites is 1. The number of amides is 2. The summed E-state index contributed by atoms with van der Waals surface area (Å²) in [6.45, 7) is 0. The SMILES string of the molecule is COc1ccc(Br)cc1C(=O)Nc1ccc(C(=O)N(C)c2ccccc2)cc1. The van der Waals surface area contributed by atoms with Gasteiger partial charge in [0.1, 0.15) is 5.75 Å². The second kappa shape index (κ2) is 8.71. The quantitative estimate of drug-likeness (QED) is 0.610. The predicted molar refractivity (Wildman–Crippen MR) is 114 cm³/mol. The average molecular weight is 439 g/mol. The summed E-state index contributed by atoms with van der Waals surface area (Å²) in [5.74, 6) is 0.0633. The van der Waals surface area contributed by atoms with E-state index in [2.05, 4.69) is 21.2 Å². The van der Waals surface area contributed by atoms with Crippen LogP contribution in [0.5, 0.6) is 5.75 Å². The molecule has 0 bridgehead atoms. The number of methoxy groups -OCH3 is 1. The maximum Gasteiger partial charge on any atom is 0.259 e. The summed E-state index contributed by atoms with van der Waals surface area (Å²) >= 11 is 3.36. The van der Waals surface area contributed by atoms with Gasteiger partial charge in [0.2, 0.25) is 0 Å². The van der Waals surface area contributed by atoms with Crippen LogP contribution in [-0.2, 0) is 0 Å². The molecule has 0 aromatic heterocycles. The molecule has 0 spiro atoms. The highest BCUT2D eigenvalue weighted by atomic mass is 79.9. The minimum absolute atomic E-state index is 0.127. The van der Waals surface area contributed by atoms with Crippen LogP contribution in [0.1, 0.15) is 20.7 Å². The monoisotopic (exact) mass is 438 g/mol. The van der Waals surface area contributed by atoms with E-state index < -0.39 is 0 Å². The predicted octanol–water partition coefficient (Wildman–Crippen LogP) is 4.99. The smallest absolute Gasteiger partial charge is 0.259 e. The molecule has 0 heterocycles. The van der Waals surface area contributed by atoms with Crippen LogP contribution >= 0.6 is 15.9 Å². The van der Waals surface area contributed by atoms with Gasteiger partial charge in [0.15, 0.2) is 0 Å². The van der Waals surface area contributed by atoms with Gasteiger partial charge in [-0.3, -0.25) is 9.59 Å². The van der Waals surface area contributed by atoms with Crippen molar-refractivity contribution in [3.8, 4) is 5.75 Å². The van der Waals surface area contributed by atoms with Crippen LogP contribution in [0, 0.1) is 0 Å². The largest absolute Gasteiger partial charge is 0.496 e. The van der Waals surface area contributed by atoms with Crippen molar-refractivity contribution in [3.05, 3.63) is 88.4 Å². The van der Waals surface area contributed by atoms with Crippen molar-refractivity contribution in [2.24, 2.45) is 0 Å². The van der Waals surface area contributed by atoms with E-state index in [0.29, 0.717) is 22.6 Å². The molecule has 3 rings (SSSR count). The number of nitrogens with zero attached hydrogens (tertiary/aromatic N) is 1. The number of benzene rings is 3. The average Bonchev–Trinajstić information content (AvgIpc) is 2.73. The Morgan fingerprint density at radius 1 is 0.964 bits per heavy atom. The van der Waals surface area contributed by atoms with Gasteiger partial charge >= 0.3 is 0 Å². The van der Waals surface area contributed by atoms with Crippen molar-refractivity contribution in [1.82, 2.24) is 0 Å². The summed E-state index contributed by atoms with van der Waals surface area (Å²) in [6, 6.07) is 21.4. The van der Waals surface area contributed by atoms with E-state index in [-0.39, 0.29) is 11.8 Å². The number of ether oxygens (including phenoxy) is 1. The van der Waals surface area contributed by atoms with Crippen molar-refractivity contribution in [2.45, 2.75) is 0 Å². The highest BCUT2D eigenvalue weighted by Gasteiger charge is 2.15. The van der Waals surface area contributed by atoms with Gasteiger partial charge < -0.3 is 15.0 Å². The van der Waals surface area contributed by atoms with Gasteiger partial charge in [-0.15, -0.1) is 0 Å². The van der Waals surface area contributed by atoms with Gasteiger partial charge in [-0.1, -0.05) is 34.1 Å². The molecule has 0 fully saturated rings. The lowest BCUT2D eigenvalue weighted by Gasteiger charge is -2.17. The lowest BCUT2D eigenvalue weighted by Crippen LogP contribution is -2.26. The number of hydrogen-bond donors (Lipinski definition) is 1. The fourth-order valence-corrected chi connectivity index (χ4v) is 3.08. The summed E-state index contributed by atoms with van der Waals surface area (Å²) in [4.78, 5) is 26.8. The molecule has 28 heavy (non-hydrogen) atoms. The Labute approximate surface area is 172 Å². The third-order valence-electron chi connectivity index (χ3n) is 4.24. The van der Waals surface area contributed by atoms with Crippen molar-refractivity contribution in [3.63, 3.8) is 0 Å². The summed E-state index contributed by atoms with van der Waals surface area (Å²) in [5.41, 5.74) is 2.35. The summed E-state index contributed by atoms with van der Waals surface area (Å²) < 4.78 is 6.03. The van der Waals surface area contributed by atoms with Gasteiger partial charge in [-0.05, 0) is 54.6 Å². The zero-order valence-electron chi connectivity index (χ0n) is 15.5. The highest BCUT2D eigenvalue weighted by molar-refractivity contribution is 9.10. The van der Waals surface area contributed by atoms with E-state index in [1.54, 1.807) is 54.4 Å². The molecule has 0 aliphatic carbocycles. The molecule has 0 aliphatic heterocycles. The van der Waals surface area contributed by atoms with Crippen LogP contribution in [0.15, 0.2) is 77.3 Å². The number of hydrogen-bond acceptors (Lipinski definition) is 3. The Morgan fingerprint density at radius 2 is 1.64 bits per heavy atom. The molecular formula is C22H19BrN2O3. The third-order valence-corrected chi connectivity index (χ3v) is 4.74. The van der Waals surface area contributed by atoms with Crippen LogP contribution in [0.4, 0.5) is 11.4 Å². The molecule has 0 saturated heterocycles. The minimum atomic E-state index is -0.293. The molecule has 0 radical (unpaired) electrons. The second-order valence-corrected chi connectivity index (χ2v) is 6.99. The topological polar surface area (TPSA) is 58.6 Å². The molecular weight excluding hydrogens is 420 g/mol. The van der Waals surface area contributed by atoms with Gasteiger partial charge in [0.05, 0.1) is 12.7 Å². The Kier molecular flexibility index (Phi) is 6.11. The maximum absolute atomic E-state index is 12.6. The van der Waals surface area contributed by atoms with E-state index in [1.165, 1.54) is 7.11 Å². The summed E-state index contributed by atoms with van der Waals surface area (Å²) in [6.07, 6.45) is 0. The maximum atomic E-state index is 12.6. The normalized spacial score (nSPS) is 10.2. The number of nitrogens with one attached hydrogen (secondary N) is 1. The lowest BCUT2D eigenvalue weighted by molar-refractivity contribution is 0.0991. The van der Waals surface area contributed by atoms with Crippen LogP contribution in [0.2, 0.25) is 0 Å². The summed E-state index contributed by atoms with van der Waals surface area (Å²) in [5, 5.41) is 2.82. The van der Waals surface area contributed by atoms with Crippen LogP contribution in [0.3, 0.4) is 0 Å². The van der Waals surface area contributed by atoms with Gasteiger partial charge in [0, 0.05) is 28.5 Å². The molecule has 3 aromatic carbocycles. The van der Waals surface area contributed by atoms with Gasteiger partial charge in [-0.2, -0.15) is 0 Å². The molecule has 6 heteroatoms. The number of carbonyl (C=O) groups excluding carboxylic acids is 2. The van der Waals surface area contributed by atoms with Gasteiger partial charge in [0.25, 0.3) is 11.8 Å². The van der Waals surface area contributed by atoms with E-state index >= 15 is 0 Å². The second-order valence-electron chi connectivity index (χ2n) is 6.08. The zero-order chi connectivity index (χ0) is 20.1. The standard InChI is InChI=1S/C22H19BrN2O3/c1-25(18-6-4-3-5-7-18)22(27)15-8-11-17(12-9-15)24-21(26)19-14-16(23)10-13-20(19)28-2/h3-14H,1-2H3,(H,24,26). The van der Waals surface area contributed by atoms with Gasteiger partial charge in [-0.25, -0.2) is 0 Å². The van der Waals surface area contributed by atoms with Crippen molar-refractivity contribution in [1.29, 1.82) is 0 Å². The molecule has 0 aliphatic rings. The molecule has 1 N–H and O–H groups in total. The van der Waals surface area contributed by atoms with Crippen molar-refractivity contribution >= 4 is 39.1 Å². The number of anilines is 2. The molecule has 0 saturated carbocycles. The molecule has 5 nitrogen and oxygen atoms in total. The first-order valence-corrected chi connectivity index (χ1v) is 9.37. The molecule has 0 unspecified atom stereocenters. The fraction of sp³-hybridized carbons (Fsp3) is 0.0909. The number of halogens is 1. The van der Waals surface area contributed by atoms with E-state index in [1.807, 2.05) is 30.3 Å². The van der Waals surface area contributed by atoms with Crippen LogP contribution < -0.4 is 15.0 Å². The van der Waals surface area contributed by atoms with Crippen LogP contribution in [-0.4, -0.2) is 26.0 Å². The Hall–Kier alpha value is -3.12. The first kappa shape index (κ1) is 19.6. The first-order valence-electron chi connectivity index (χ1n) is 8.57. The minimum Gasteiger partial charge on any atom is -0.496 e.